The van der Waals surface area contributed by atoms with Crippen molar-refractivity contribution >= 4 is 22.4 Å². The second kappa shape index (κ2) is 6.34. The summed E-state index contributed by atoms with van der Waals surface area (Å²) < 4.78 is 1.71. The fourth-order valence-corrected chi connectivity index (χ4v) is 4.87. The van der Waals surface area contributed by atoms with Crippen LogP contribution < -0.4 is 5.56 Å². The SMILES string of the molecule is Cc1ccncc1-n1ncc2c(=O)[nH]c(C3CCC3c3nc(C)c(C)s3)nc21. The summed E-state index contributed by atoms with van der Waals surface area (Å²) in [5.74, 6) is 1.22. The number of nitrogens with one attached hydrogen (secondary N) is 1. The van der Waals surface area contributed by atoms with Gasteiger partial charge in [0.25, 0.3) is 5.56 Å². The van der Waals surface area contributed by atoms with E-state index in [1.807, 2.05) is 19.9 Å². The van der Waals surface area contributed by atoms with E-state index in [1.165, 1.54) is 4.88 Å². The minimum Gasteiger partial charge on any atom is -0.310 e. The second-order valence-corrected chi connectivity index (χ2v) is 8.63. The van der Waals surface area contributed by atoms with Gasteiger partial charge in [0.15, 0.2) is 5.65 Å². The van der Waals surface area contributed by atoms with Gasteiger partial charge in [0.2, 0.25) is 0 Å². The molecule has 0 aromatic carbocycles. The highest BCUT2D eigenvalue weighted by atomic mass is 32.1. The Morgan fingerprint density at radius 2 is 1.96 bits per heavy atom. The normalized spacial score (nSPS) is 19.1. The minimum absolute atomic E-state index is 0.148. The molecule has 0 aliphatic heterocycles. The maximum Gasteiger partial charge on any atom is 0.262 e. The molecule has 1 aliphatic rings. The lowest BCUT2D eigenvalue weighted by Crippen LogP contribution is -2.26. The molecule has 4 aromatic heterocycles. The van der Waals surface area contributed by atoms with Crippen LogP contribution >= 0.6 is 11.3 Å². The van der Waals surface area contributed by atoms with Crippen LogP contribution in [0, 0.1) is 20.8 Å². The monoisotopic (exact) mass is 392 g/mol. The number of nitrogens with zero attached hydrogens (tertiary/aromatic N) is 5. The Morgan fingerprint density at radius 1 is 1.14 bits per heavy atom. The summed E-state index contributed by atoms with van der Waals surface area (Å²) in [7, 11) is 0. The lowest BCUT2D eigenvalue weighted by atomic mass is 9.73. The predicted molar refractivity (Wildman–Crippen MR) is 108 cm³/mol. The highest BCUT2D eigenvalue weighted by Gasteiger charge is 2.37. The topological polar surface area (TPSA) is 89.4 Å². The largest absolute Gasteiger partial charge is 0.310 e. The Kier molecular flexibility index (Phi) is 3.90. The Labute approximate surface area is 165 Å². The van der Waals surface area contributed by atoms with Crippen LogP contribution in [0.3, 0.4) is 0 Å². The molecule has 7 nitrogen and oxygen atoms in total. The number of fused-ring (bicyclic) bond motifs is 1. The number of hydrogen-bond donors (Lipinski definition) is 1. The second-order valence-electron chi connectivity index (χ2n) is 7.39. The summed E-state index contributed by atoms with van der Waals surface area (Å²) in [6.45, 7) is 6.14. The van der Waals surface area contributed by atoms with E-state index in [9.17, 15) is 4.79 Å². The number of aromatic amines is 1. The fourth-order valence-electron chi connectivity index (χ4n) is 3.74. The molecule has 0 amide bonds. The molecule has 1 N–H and O–H groups in total. The van der Waals surface area contributed by atoms with Crippen LogP contribution in [0.1, 0.15) is 51.6 Å². The van der Waals surface area contributed by atoms with Gasteiger partial charge in [0.1, 0.15) is 11.2 Å². The summed E-state index contributed by atoms with van der Waals surface area (Å²) in [5, 5.41) is 6.04. The van der Waals surface area contributed by atoms with E-state index in [1.54, 1.807) is 34.6 Å². The van der Waals surface area contributed by atoms with E-state index in [4.69, 9.17) is 9.97 Å². The molecule has 8 heteroatoms. The van der Waals surface area contributed by atoms with Crippen molar-refractivity contribution in [3.63, 3.8) is 0 Å². The first kappa shape index (κ1) is 17.2. The molecule has 28 heavy (non-hydrogen) atoms. The number of hydrogen-bond acceptors (Lipinski definition) is 6. The molecule has 1 aliphatic carbocycles. The van der Waals surface area contributed by atoms with Gasteiger partial charge in [0.05, 0.1) is 28.8 Å². The number of thiazole rings is 1. The number of rotatable bonds is 3. The van der Waals surface area contributed by atoms with E-state index in [2.05, 4.69) is 22.0 Å². The number of aryl methyl sites for hydroxylation is 3. The van der Waals surface area contributed by atoms with E-state index >= 15 is 0 Å². The first-order valence-corrected chi connectivity index (χ1v) is 10.2. The number of aromatic nitrogens is 6. The fraction of sp³-hybridized carbons (Fsp3) is 0.350. The molecular weight excluding hydrogens is 372 g/mol. The maximum atomic E-state index is 12.7. The zero-order valence-corrected chi connectivity index (χ0v) is 16.7. The van der Waals surface area contributed by atoms with E-state index in [0.717, 1.165) is 40.6 Å². The highest BCUT2D eigenvalue weighted by molar-refractivity contribution is 7.11. The van der Waals surface area contributed by atoms with Crippen molar-refractivity contribution in [2.45, 2.75) is 45.4 Å². The lowest BCUT2D eigenvalue weighted by molar-refractivity contribution is 0.331. The molecule has 0 spiro atoms. The molecule has 0 saturated heterocycles. The van der Waals surface area contributed by atoms with E-state index in [0.29, 0.717) is 17.0 Å². The van der Waals surface area contributed by atoms with E-state index < -0.39 is 0 Å². The third-order valence-electron chi connectivity index (χ3n) is 5.68. The molecule has 0 bridgehead atoms. The van der Waals surface area contributed by atoms with Gasteiger partial charge in [-0.1, -0.05) is 0 Å². The van der Waals surface area contributed by atoms with Gasteiger partial charge in [-0.25, -0.2) is 14.6 Å². The average Bonchev–Trinajstić information content (AvgIpc) is 3.18. The van der Waals surface area contributed by atoms with Crippen LogP contribution in [0.4, 0.5) is 0 Å². The Bertz CT molecular complexity index is 1230. The standard InChI is InChI=1S/C20H20N6OS/c1-10-6-7-21-9-16(10)26-18-15(8-22-26)19(27)25-17(24-18)13-4-5-14(13)20-23-11(2)12(3)28-20/h6-9,13-14H,4-5H2,1-3H3,(H,24,25,27). The quantitative estimate of drug-likeness (QED) is 0.576. The van der Waals surface area contributed by atoms with Gasteiger partial charge in [-0.3, -0.25) is 9.78 Å². The summed E-state index contributed by atoms with van der Waals surface area (Å²) in [6, 6.07) is 1.92. The van der Waals surface area contributed by atoms with Gasteiger partial charge < -0.3 is 4.98 Å². The Morgan fingerprint density at radius 3 is 2.64 bits per heavy atom. The summed E-state index contributed by atoms with van der Waals surface area (Å²) in [4.78, 5) is 30.7. The third-order valence-corrected chi connectivity index (χ3v) is 6.89. The number of H-pyrrole nitrogens is 1. The van der Waals surface area contributed by atoms with Gasteiger partial charge >= 0.3 is 0 Å². The maximum absolute atomic E-state index is 12.7. The van der Waals surface area contributed by atoms with Gasteiger partial charge in [0, 0.05) is 22.9 Å². The van der Waals surface area contributed by atoms with Crippen molar-refractivity contribution in [2.75, 3.05) is 0 Å². The summed E-state index contributed by atoms with van der Waals surface area (Å²) in [5.41, 5.74) is 3.38. The van der Waals surface area contributed by atoms with Gasteiger partial charge in [-0.2, -0.15) is 5.10 Å². The molecule has 4 heterocycles. The highest BCUT2D eigenvalue weighted by Crippen LogP contribution is 2.49. The minimum atomic E-state index is -0.148. The van der Waals surface area contributed by atoms with Gasteiger partial charge in [-0.15, -0.1) is 11.3 Å². The first-order valence-electron chi connectivity index (χ1n) is 9.36. The third kappa shape index (κ3) is 2.59. The molecule has 2 unspecified atom stereocenters. The van der Waals surface area contributed by atoms with Crippen molar-refractivity contribution < 1.29 is 0 Å². The van der Waals surface area contributed by atoms with Crippen LogP contribution in [0.15, 0.2) is 29.5 Å². The number of pyridine rings is 1. The van der Waals surface area contributed by atoms with Crippen LogP contribution in [0.2, 0.25) is 0 Å². The van der Waals surface area contributed by atoms with Gasteiger partial charge in [-0.05, 0) is 45.2 Å². The first-order chi connectivity index (χ1) is 13.5. The van der Waals surface area contributed by atoms with Crippen LogP contribution in [0.25, 0.3) is 16.7 Å². The van der Waals surface area contributed by atoms with Crippen LogP contribution in [-0.2, 0) is 0 Å². The van der Waals surface area contributed by atoms with Crippen molar-refractivity contribution in [3.05, 3.63) is 62.0 Å². The van der Waals surface area contributed by atoms with Crippen molar-refractivity contribution in [2.24, 2.45) is 0 Å². The summed E-state index contributed by atoms with van der Waals surface area (Å²) in [6.07, 6.45) is 7.13. The zero-order chi connectivity index (χ0) is 19.4. The predicted octanol–water partition coefficient (Wildman–Crippen LogP) is 3.55. The van der Waals surface area contributed by atoms with Crippen molar-refractivity contribution in [3.8, 4) is 5.69 Å². The smallest absolute Gasteiger partial charge is 0.262 e. The van der Waals surface area contributed by atoms with Crippen molar-refractivity contribution in [1.82, 2.24) is 29.7 Å². The zero-order valence-electron chi connectivity index (χ0n) is 15.9. The van der Waals surface area contributed by atoms with E-state index in [-0.39, 0.29) is 11.5 Å². The molecular formula is C20H20N6OS. The molecule has 2 atom stereocenters. The average molecular weight is 392 g/mol. The van der Waals surface area contributed by atoms with Crippen LogP contribution in [-0.4, -0.2) is 29.7 Å². The molecule has 1 fully saturated rings. The molecule has 4 aromatic rings. The lowest BCUT2D eigenvalue weighted by Gasteiger charge is -2.34. The molecule has 0 radical (unpaired) electrons. The Hall–Kier alpha value is -2.87. The van der Waals surface area contributed by atoms with Crippen molar-refractivity contribution in [1.29, 1.82) is 0 Å². The Balaban J connectivity index is 1.60. The molecule has 1 saturated carbocycles. The molecule has 5 rings (SSSR count). The summed E-state index contributed by atoms with van der Waals surface area (Å²) >= 11 is 1.75. The van der Waals surface area contributed by atoms with Crippen LogP contribution in [0.5, 0.6) is 0 Å². The molecule has 142 valence electrons.